The van der Waals surface area contributed by atoms with E-state index >= 15 is 0 Å². The van der Waals surface area contributed by atoms with Crippen LogP contribution in [-0.4, -0.2) is 20.9 Å². The zero-order valence-electron chi connectivity index (χ0n) is 10.7. The fourth-order valence-corrected chi connectivity index (χ4v) is 2.03. The van der Waals surface area contributed by atoms with Gasteiger partial charge in [0.2, 0.25) is 0 Å². The minimum atomic E-state index is -0.944. The first-order valence-electron chi connectivity index (χ1n) is 5.89. The second kappa shape index (κ2) is 4.64. The quantitative estimate of drug-likeness (QED) is 0.903. The first kappa shape index (κ1) is 12.4. The third-order valence-electron chi connectivity index (χ3n) is 3.03. The van der Waals surface area contributed by atoms with Gasteiger partial charge in [-0.05, 0) is 24.5 Å². The summed E-state index contributed by atoms with van der Waals surface area (Å²) in [5.41, 5.74) is 2.99. The van der Waals surface area contributed by atoms with Gasteiger partial charge in [-0.2, -0.15) is 5.10 Å². The van der Waals surface area contributed by atoms with Crippen molar-refractivity contribution in [2.45, 2.75) is 26.7 Å². The smallest absolute Gasteiger partial charge is 0.339 e. The van der Waals surface area contributed by atoms with Gasteiger partial charge < -0.3 is 5.11 Å². The number of benzene rings is 1. The van der Waals surface area contributed by atoms with Crippen LogP contribution in [0.25, 0.3) is 5.69 Å². The Balaban J connectivity index is 2.59. The van der Waals surface area contributed by atoms with Crippen LogP contribution in [0.4, 0.5) is 0 Å². The highest BCUT2D eigenvalue weighted by Crippen LogP contribution is 2.24. The Hall–Kier alpha value is -2.10. The first-order chi connectivity index (χ1) is 8.52. The molecule has 4 heteroatoms. The standard InChI is InChI=1S/C14H16N2O2/c1-9(2)11-6-4-5-7-13(11)16-10(3)12(8-15-16)14(17)18/h4-9H,1-3H3,(H,17,18). The van der Waals surface area contributed by atoms with Crippen LogP contribution in [0.5, 0.6) is 0 Å². The fourth-order valence-electron chi connectivity index (χ4n) is 2.03. The molecule has 0 spiro atoms. The summed E-state index contributed by atoms with van der Waals surface area (Å²) in [6, 6.07) is 7.92. The molecule has 0 fully saturated rings. The summed E-state index contributed by atoms with van der Waals surface area (Å²) in [7, 11) is 0. The van der Waals surface area contributed by atoms with Gasteiger partial charge >= 0.3 is 5.97 Å². The molecule has 0 aliphatic heterocycles. The van der Waals surface area contributed by atoms with E-state index in [1.807, 2.05) is 24.3 Å². The van der Waals surface area contributed by atoms with Gasteiger partial charge in [-0.1, -0.05) is 32.0 Å². The Morgan fingerprint density at radius 3 is 2.56 bits per heavy atom. The van der Waals surface area contributed by atoms with E-state index in [-0.39, 0.29) is 5.56 Å². The van der Waals surface area contributed by atoms with Gasteiger partial charge in [-0.3, -0.25) is 0 Å². The van der Waals surface area contributed by atoms with Gasteiger partial charge in [0.1, 0.15) is 5.56 Å². The summed E-state index contributed by atoms with van der Waals surface area (Å²) in [6.07, 6.45) is 1.40. The van der Waals surface area contributed by atoms with Gasteiger partial charge in [-0.25, -0.2) is 9.48 Å². The number of carboxylic acids is 1. The number of hydrogen-bond acceptors (Lipinski definition) is 2. The normalized spacial score (nSPS) is 10.9. The molecular weight excluding hydrogens is 228 g/mol. The first-order valence-corrected chi connectivity index (χ1v) is 5.89. The summed E-state index contributed by atoms with van der Waals surface area (Å²) < 4.78 is 1.69. The molecule has 0 aliphatic rings. The highest BCUT2D eigenvalue weighted by atomic mass is 16.4. The largest absolute Gasteiger partial charge is 0.478 e. The van der Waals surface area contributed by atoms with Crippen molar-refractivity contribution < 1.29 is 9.90 Å². The molecule has 0 saturated heterocycles. The lowest BCUT2D eigenvalue weighted by Gasteiger charge is -2.13. The predicted octanol–water partition coefficient (Wildman–Crippen LogP) is 3.00. The van der Waals surface area contributed by atoms with Gasteiger partial charge in [-0.15, -0.1) is 0 Å². The monoisotopic (exact) mass is 244 g/mol. The SMILES string of the molecule is Cc1c(C(=O)O)cnn1-c1ccccc1C(C)C. The van der Waals surface area contributed by atoms with E-state index in [4.69, 9.17) is 5.11 Å². The van der Waals surface area contributed by atoms with E-state index in [1.165, 1.54) is 6.20 Å². The Labute approximate surface area is 106 Å². The van der Waals surface area contributed by atoms with Crippen LogP contribution in [0, 0.1) is 6.92 Å². The Morgan fingerprint density at radius 2 is 2.00 bits per heavy atom. The van der Waals surface area contributed by atoms with Gasteiger partial charge in [0.15, 0.2) is 0 Å². The van der Waals surface area contributed by atoms with Crippen LogP contribution in [-0.2, 0) is 0 Å². The van der Waals surface area contributed by atoms with Gasteiger partial charge in [0, 0.05) is 0 Å². The summed E-state index contributed by atoms with van der Waals surface area (Å²) in [6.45, 7) is 5.99. The molecule has 2 aromatic rings. The van der Waals surface area contributed by atoms with Crippen molar-refractivity contribution >= 4 is 5.97 Å². The van der Waals surface area contributed by atoms with Crippen molar-refractivity contribution in [2.24, 2.45) is 0 Å². The van der Waals surface area contributed by atoms with E-state index < -0.39 is 5.97 Å². The van der Waals surface area contributed by atoms with Crippen molar-refractivity contribution in [3.05, 3.63) is 47.3 Å². The number of para-hydroxylation sites is 1. The molecule has 1 heterocycles. The molecule has 0 atom stereocenters. The molecule has 1 aromatic heterocycles. The molecule has 0 aliphatic carbocycles. The van der Waals surface area contributed by atoms with E-state index in [9.17, 15) is 4.79 Å². The van der Waals surface area contributed by atoms with Crippen LogP contribution >= 0.6 is 0 Å². The van der Waals surface area contributed by atoms with Crippen molar-refractivity contribution in [3.63, 3.8) is 0 Å². The number of hydrogen-bond donors (Lipinski definition) is 1. The van der Waals surface area contributed by atoms with Crippen molar-refractivity contribution in [2.75, 3.05) is 0 Å². The molecule has 1 N–H and O–H groups in total. The number of nitrogens with zero attached hydrogens (tertiary/aromatic N) is 2. The molecule has 1 aromatic carbocycles. The molecule has 0 amide bonds. The van der Waals surface area contributed by atoms with E-state index in [2.05, 4.69) is 18.9 Å². The molecular formula is C14H16N2O2. The van der Waals surface area contributed by atoms with Crippen LogP contribution in [0.3, 0.4) is 0 Å². The van der Waals surface area contributed by atoms with Gasteiger partial charge in [0.25, 0.3) is 0 Å². The predicted molar refractivity (Wildman–Crippen MR) is 69.3 cm³/mol. The zero-order valence-corrected chi connectivity index (χ0v) is 10.7. The number of aromatic nitrogens is 2. The minimum absolute atomic E-state index is 0.244. The number of rotatable bonds is 3. The number of carbonyl (C=O) groups is 1. The van der Waals surface area contributed by atoms with Crippen LogP contribution in [0.15, 0.2) is 30.5 Å². The lowest BCUT2D eigenvalue weighted by atomic mass is 10.0. The zero-order chi connectivity index (χ0) is 13.3. The van der Waals surface area contributed by atoms with E-state index in [0.29, 0.717) is 11.6 Å². The topological polar surface area (TPSA) is 55.1 Å². The summed E-state index contributed by atoms with van der Waals surface area (Å²) in [5.74, 6) is -0.584. The molecule has 94 valence electrons. The van der Waals surface area contributed by atoms with Crippen LogP contribution in [0.2, 0.25) is 0 Å². The van der Waals surface area contributed by atoms with Crippen molar-refractivity contribution in [3.8, 4) is 5.69 Å². The Bertz CT molecular complexity index is 585. The lowest BCUT2D eigenvalue weighted by Crippen LogP contribution is -2.06. The maximum atomic E-state index is 11.0. The highest BCUT2D eigenvalue weighted by Gasteiger charge is 2.16. The van der Waals surface area contributed by atoms with Crippen molar-refractivity contribution in [1.82, 2.24) is 9.78 Å². The van der Waals surface area contributed by atoms with E-state index in [0.717, 1.165) is 11.3 Å². The molecule has 0 bridgehead atoms. The number of carboxylic acid groups (broad SMARTS) is 1. The van der Waals surface area contributed by atoms with Crippen LogP contribution < -0.4 is 0 Å². The average molecular weight is 244 g/mol. The minimum Gasteiger partial charge on any atom is -0.478 e. The third-order valence-corrected chi connectivity index (χ3v) is 3.03. The molecule has 0 unspecified atom stereocenters. The van der Waals surface area contributed by atoms with Gasteiger partial charge in [0.05, 0.1) is 17.6 Å². The molecule has 2 rings (SSSR count). The summed E-state index contributed by atoms with van der Waals surface area (Å²) >= 11 is 0. The number of aromatic carboxylic acids is 1. The second-order valence-corrected chi connectivity index (χ2v) is 4.57. The maximum Gasteiger partial charge on any atom is 0.339 e. The molecule has 4 nitrogen and oxygen atoms in total. The molecule has 18 heavy (non-hydrogen) atoms. The second-order valence-electron chi connectivity index (χ2n) is 4.57. The van der Waals surface area contributed by atoms with Crippen molar-refractivity contribution in [1.29, 1.82) is 0 Å². The molecule has 0 saturated carbocycles. The van der Waals surface area contributed by atoms with Crippen LogP contribution in [0.1, 0.15) is 41.4 Å². The third kappa shape index (κ3) is 2.01. The van der Waals surface area contributed by atoms with E-state index in [1.54, 1.807) is 11.6 Å². The Morgan fingerprint density at radius 1 is 1.33 bits per heavy atom. The molecule has 0 radical (unpaired) electrons. The maximum absolute atomic E-state index is 11.0. The highest BCUT2D eigenvalue weighted by molar-refractivity contribution is 5.88. The lowest BCUT2D eigenvalue weighted by molar-refractivity contribution is 0.0696. The summed E-state index contributed by atoms with van der Waals surface area (Å²) in [5, 5.41) is 13.2. The fraction of sp³-hybridized carbons (Fsp3) is 0.286. The Kier molecular flexibility index (Phi) is 3.19. The average Bonchev–Trinajstić information content (AvgIpc) is 2.71. The summed E-state index contributed by atoms with van der Waals surface area (Å²) in [4.78, 5) is 11.0.